The third kappa shape index (κ3) is 6.32. The van der Waals surface area contributed by atoms with E-state index < -0.39 is 0 Å². The number of carbonyl (C=O) groups is 2. The number of carbonyl (C=O) groups excluding carboxylic acids is 2. The van der Waals surface area contributed by atoms with Gasteiger partial charge in [-0.1, -0.05) is 44.2 Å². The van der Waals surface area contributed by atoms with Gasteiger partial charge in [-0.05, 0) is 67.5 Å². The Morgan fingerprint density at radius 1 is 1.06 bits per heavy atom. The lowest BCUT2D eigenvalue weighted by molar-refractivity contribution is -0.120. The Morgan fingerprint density at radius 3 is 2.49 bits per heavy atom. The monoisotopic (exact) mass is 470 g/mol. The SMILES string of the molecule is Cc1ccc(CCC(=O)C(C)c2ccc(NC(=O)c3ccccc3)nc2)c(N2CCC(C)CC2)n1. The van der Waals surface area contributed by atoms with Crippen molar-refractivity contribution >= 4 is 23.3 Å². The van der Waals surface area contributed by atoms with E-state index in [-0.39, 0.29) is 17.6 Å². The Hall–Kier alpha value is -3.54. The maximum atomic E-state index is 13.0. The first-order chi connectivity index (χ1) is 16.9. The minimum atomic E-state index is -0.265. The zero-order chi connectivity index (χ0) is 24.8. The maximum Gasteiger partial charge on any atom is 0.256 e. The topological polar surface area (TPSA) is 75.2 Å². The van der Waals surface area contributed by atoms with Crippen LogP contribution in [0.15, 0.2) is 60.8 Å². The average molecular weight is 471 g/mol. The van der Waals surface area contributed by atoms with Crippen molar-refractivity contribution in [2.45, 2.75) is 52.4 Å². The van der Waals surface area contributed by atoms with Gasteiger partial charge in [0.05, 0.1) is 0 Å². The van der Waals surface area contributed by atoms with Crippen molar-refractivity contribution < 1.29 is 9.59 Å². The molecule has 1 aromatic carbocycles. The van der Waals surface area contributed by atoms with Gasteiger partial charge in [0.15, 0.2) is 0 Å². The predicted molar refractivity (Wildman–Crippen MR) is 140 cm³/mol. The molecular formula is C29H34N4O2. The van der Waals surface area contributed by atoms with Crippen LogP contribution in [0.25, 0.3) is 0 Å². The molecule has 0 radical (unpaired) electrons. The molecule has 1 aliphatic rings. The Labute approximate surface area is 207 Å². The number of Topliss-reactive ketones (excluding diaryl/α,β-unsaturated/α-hetero) is 1. The Bertz CT molecular complexity index is 1150. The van der Waals surface area contributed by atoms with E-state index in [0.717, 1.165) is 41.6 Å². The molecular weight excluding hydrogens is 436 g/mol. The smallest absolute Gasteiger partial charge is 0.256 e. The van der Waals surface area contributed by atoms with Gasteiger partial charge in [0.25, 0.3) is 5.91 Å². The van der Waals surface area contributed by atoms with Crippen LogP contribution in [0.2, 0.25) is 0 Å². The summed E-state index contributed by atoms with van der Waals surface area (Å²) < 4.78 is 0. The zero-order valence-corrected chi connectivity index (χ0v) is 20.8. The number of hydrogen-bond acceptors (Lipinski definition) is 5. The van der Waals surface area contributed by atoms with Gasteiger partial charge in [0.2, 0.25) is 0 Å². The molecule has 2 aromatic heterocycles. The number of ketones is 1. The summed E-state index contributed by atoms with van der Waals surface area (Å²) >= 11 is 0. The lowest BCUT2D eigenvalue weighted by Crippen LogP contribution is -2.34. The molecule has 1 atom stereocenters. The minimum Gasteiger partial charge on any atom is -0.356 e. The van der Waals surface area contributed by atoms with Crippen LogP contribution in [-0.2, 0) is 11.2 Å². The number of nitrogens with one attached hydrogen (secondary N) is 1. The van der Waals surface area contributed by atoms with E-state index in [1.807, 2.05) is 44.2 Å². The minimum absolute atomic E-state index is 0.173. The van der Waals surface area contributed by atoms with Crippen LogP contribution in [0, 0.1) is 12.8 Å². The van der Waals surface area contributed by atoms with Gasteiger partial charge >= 0.3 is 0 Å². The van der Waals surface area contributed by atoms with Gasteiger partial charge in [0.1, 0.15) is 17.4 Å². The van der Waals surface area contributed by atoms with Crippen molar-refractivity contribution in [3.05, 3.63) is 83.2 Å². The van der Waals surface area contributed by atoms with Crippen molar-refractivity contribution in [3.63, 3.8) is 0 Å². The lowest BCUT2D eigenvalue weighted by Gasteiger charge is -2.32. The standard InChI is InChI=1S/C29H34N4O2/c1-20-15-17-33(18-16-20)28-23(10-9-21(2)31-28)11-13-26(34)22(3)25-12-14-27(30-19-25)32-29(35)24-7-5-4-6-8-24/h4-10,12,14,19-20,22H,11,13,15-18H2,1-3H3,(H,30,32,35). The number of aryl methyl sites for hydroxylation is 2. The highest BCUT2D eigenvalue weighted by molar-refractivity contribution is 6.03. The number of aromatic nitrogens is 2. The highest BCUT2D eigenvalue weighted by atomic mass is 16.1. The van der Waals surface area contributed by atoms with Gasteiger partial charge in [-0.25, -0.2) is 9.97 Å². The molecule has 1 unspecified atom stereocenters. The third-order valence-electron chi connectivity index (χ3n) is 6.87. The summed E-state index contributed by atoms with van der Waals surface area (Å²) in [6.45, 7) is 8.29. The summed E-state index contributed by atoms with van der Waals surface area (Å²) in [5.41, 5.74) is 3.57. The van der Waals surface area contributed by atoms with Crippen molar-refractivity contribution in [2.24, 2.45) is 5.92 Å². The summed E-state index contributed by atoms with van der Waals surface area (Å²) in [5.74, 6) is 1.96. The molecule has 6 nitrogen and oxygen atoms in total. The Balaban J connectivity index is 1.36. The van der Waals surface area contributed by atoms with E-state index in [0.29, 0.717) is 24.2 Å². The second-order valence-electron chi connectivity index (χ2n) is 9.59. The normalized spacial score (nSPS) is 15.0. The van der Waals surface area contributed by atoms with Gasteiger partial charge in [-0.3, -0.25) is 9.59 Å². The molecule has 0 spiro atoms. The Morgan fingerprint density at radius 2 is 1.80 bits per heavy atom. The number of piperidine rings is 1. The summed E-state index contributed by atoms with van der Waals surface area (Å²) in [7, 11) is 0. The molecule has 0 bridgehead atoms. The van der Waals surface area contributed by atoms with Crippen molar-refractivity contribution in [1.29, 1.82) is 0 Å². The average Bonchev–Trinajstić information content (AvgIpc) is 2.88. The van der Waals surface area contributed by atoms with Gasteiger partial charge in [0, 0.05) is 42.9 Å². The molecule has 3 aromatic rings. The van der Waals surface area contributed by atoms with E-state index in [4.69, 9.17) is 4.98 Å². The summed E-state index contributed by atoms with van der Waals surface area (Å²) in [6.07, 6.45) is 5.17. The molecule has 1 saturated heterocycles. The second kappa shape index (κ2) is 11.3. The molecule has 1 amide bonds. The van der Waals surface area contributed by atoms with Gasteiger partial charge in [-0.15, -0.1) is 0 Å². The highest BCUT2D eigenvalue weighted by Crippen LogP contribution is 2.27. The number of anilines is 2. The van der Waals surface area contributed by atoms with Crippen LogP contribution < -0.4 is 10.2 Å². The first-order valence-electron chi connectivity index (χ1n) is 12.5. The fourth-order valence-electron chi connectivity index (χ4n) is 4.43. The molecule has 35 heavy (non-hydrogen) atoms. The van der Waals surface area contributed by atoms with E-state index in [2.05, 4.69) is 28.2 Å². The van der Waals surface area contributed by atoms with Crippen molar-refractivity contribution in [2.75, 3.05) is 23.3 Å². The predicted octanol–water partition coefficient (Wildman–Crippen LogP) is 5.58. The number of rotatable bonds is 8. The quantitative estimate of drug-likeness (QED) is 0.465. The summed E-state index contributed by atoms with van der Waals surface area (Å²) in [5, 5.41) is 2.80. The summed E-state index contributed by atoms with van der Waals surface area (Å²) in [4.78, 5) is 36.9. The van der Waals surface area contributed by atoms with E-state index in [9.17, 15) is 9.59 Å². The number of pyridine rings is 2. The molecule has 3 heterocycles. The van der Waals surface area contributed by atoms with E-state index in [1.54, 1.807) is 24.4 Å². The molecule has 1 aliphatic heterocycles. The van der Waals surface area contributed by atoms with Gasteiger partial charge in [-0.2, -0.15) is 0 Å². The number of hydrogen-bond donors (Lipinski definition) is 1. The zero-order valence-electron chi connectivity index (χ0n) is 20.8. The highest BCUT2D eigenvalue weighted by Gasteiger charge is 2.21. The largest absolute Gasteiger partial charge is 0.356 e. The molecule has 4 rings (SSSR count). The van der Waals surface area contributed by atoms with Crippen LogP contribution in [0.3, 0.4) is 0 Å². The molecule has 1 N–H and O–H groups in total. The fraction of sp³-hybridized carbons (Fsp3) is 0.379. The second-order valence-corrected chi connectivity index (χ2v) is 9.59. The van der Waals surface area contributed by atoms with Crippen LogP contribution in [0.4, 0.5) is 11.6 Å². The van der Waals surface area contributed by atoms with Crippen LogP contribution in [0.1, 0.15) is 66.2 Å². The summed E-state index contributed by atoms with van der Waals surface area (Å²) in [6, 6.07) is 16.8. The lowest BCUT2D eigenvalue weighted by atomic mass is 9.93. The first kappa shape index (κ1) is 24.6. The fourth-order valence-corrected chi connectivity index (χ4v) is 4.43. The molecule has 0 saturated carbocycles. The molecule has 182 valence electrons. The van der Waals surface area contributed by atoms with Crippen molar-refractivity contribution in [1.82, 2.24) is 9.97 Å². The third-order valence-corrected chi connectivity index (χ3v) is 6.87. The number of amides is 1. The number of nitrogens with zero attached hydrogens (tertiary/aromatic N) is 3. The van der Waals surface area contributed by atoms with Crippen molar-refractivity contribution in [3.8, 4) is 0 Å². The van der Waals surface area contributed by atoms with Crippen LogP contribution >= 0.6 is 0 Å². The van der Waals surface area contributed by atoms with Crippen LogP contribution in [0.5, 0.6) is 0 Å². The van der Waals surface area contributed by atoms with E-state index in [1.165, 1.54) is 12.8 Å². The molecule has 6 heteroatoms. The molecule has 1 fully saturated rings. The Kier molecular flexibility index (Phi) is 7.91. The molecule has 0 aliphatic carbocycles. The van der Waals surface area contributed by atoms with Crippen LogP contribution in [-0.4, -0.2) is 34.7 Å². The first-order valence-corrected chi connectivity index (χ1v) is 12.5. The maximum absolute atomic E-state index is 13.0. The van der Waals surface area contributed by atoms with E-state index >= 15 is 0 Å². The number of benzene rings is 1. The van der Waals surface area contributed by atoms with Gasteiger partial charge < -0.3 is 10.2 Å².